The molecule has 0 aliphatic heterocycles. The van der Waals surface area contributed by atoms with E-state index in [1.807, 2.05) is 55.6 Å². The quantitative estimate of drug-likeness (QED) is 0.445. The highest BCUT2D eigenvalue weighted by molar-refractivity contribution is 5.97. The molecule has 0 radical (unpaired) electrons. The first-order chi connectivity index (χ1) is 15.1. The number of urea groups is 1. The van der Waals surface area contributed by atoms with Crippen LogP contribution in [0.25, 0.3) is 16.9 Å². The van der Waals surface area contributed by atoms with Crippen molar-refractivity contribution >= 4 is 17.6 Å². The largest absolute Gasteiger partial charge is 0.337 e. The lowest BCUT2D eigenvalue weighted by Crippen LogP contribution is -2.43. The molecule has 0 aliphatic carbocycles. The molecule has 0 spiro atoms. The molecule has 8 nitrogen and oxygen atoms in total. The highest BCUT2D eigenvalue weighted by atomic mass is 16.2. The van der Waals surface area contributed by atoms with Crippen LogP contribution in [0.3, 0.4) is 0 Å². The molecule has 4 aromatic rings. The standard InChI is InChI=1S/C23H20N6O2/c1-16-7-11-19(12-8-16)24-23(31)27-26-22(30)18-9-13-20(14-10-18)29-15-21(25-28-29)17-5-3-2-4-6-17/h2-15H,1H3,(H,26,30)(H2,24,27,31). The Kier molecular flexibility index (Phi) is 5.70. The predicted molar refractivity (Wildman–Crippen MR) is 118 cm³/mol. The molecule has 0 aliphatic rings. The van der Waals surface area contributed by atoms with Crippen LogP contribution >= 0.6 is 0 Å². The zero-order chi connectivity index (χ0) is 21.6. The summed E-state index contributed by atoms with van der Waals surface area (Å²) in [5, 5.41) is 11.0. The monoisotopic (exact) mass is 412 g/mol. The fourth-order valence-electron chi connectivity index (χ4n) is 2.88. The van der Waals surface area contributed by atoms with Gasteiger partial charge in [0.2, 0.25) is 0 Å². The van der Waals surface area contributed by atoms with Crippen molar-refractivity contribution in [3.8, 4) is 16.9 Å². The fraction of sp³-hybridized carbons (Fsp3) is 0.0435. The van der Waals surface area contributed by atoms with E-state index in [-0.39, 0.29) is 0 Å². The van der Waals surface area contributed by atoms with Gasteiger partial charge in [0, 0.05) is 16.8 Å². The van der Waals surface area contributed by atoms with E-state index >= 15 is 0 Å². The van der Waals surface area contributed by atoms with Gasteiger partial charge in [-0.2, -0.15) is 0 Å². The third kappa shape index (κ3) is 4.94. The molecule has 31 heavy (non-hydrogen) atoms. The molecular formula is C23H20N6O2. The Morgan fingerprint density at radius 3 is 2.26 bits per heavy atom. The van der Waals surface area contributed by atoms with Gasteiger partial charge in [0.1, 0.15) is 5.69 Å². The minimum absolute atomic E-state index is 0.391. The SMILES string of the molecule is Cc1ccc(NC(=O)NNC(=O)c2ccc(-n3cc(-c4ccccc4)nn3)cc2)cc1. The summed E-state index contributed by atoms with van der Waals surface area (Å²) in [6.45, 7) is 1.96. The van der Waals surface area contributed by atoms with Gasteiger partial charge < -0.3 is 5.32 Å². The lowest BCUT2D eigenvalue weighted by atomic mass is 10.2. The number of amides is 3. The number of anilines is 1. The predicted octanol–water partition coefficient (Wildman–Crippen LogP) is 3.71. The van der Waals surface area contributed by atoms with Crippen LogP contribution in [0.1, 0.15) is 15.9 Å². The second-order valence-electron chi connectivity index (χ2n) is 6.86. The van der Waals surface area contributed by atoms with Gasteiger partial charge in [-0.05, 0) is 43.3 Å². The van der Waals surface area contributed by atoms with E-state index in [1.165, 1.54) is 0 Å². The molecule has 0 unspecified atom stereocenters. The molecule has 0 bridgehead atoms. The zero-order valence-electron chi connectivity index (χ0n) is 16.7. The van der Waals surface area contributed by atoms with Crippen molar-refractivity contribution < 1.29 is 9.59 Å². The number of carbonyl (C=O) groups is 2. The smallest absolute Gasteiger partial charge is 0.307 e. The number of hydrazine groups is 1. The van der Waals surface area contributed by atoms with Gasteiger partial charge in [-0.15, -0.1) is 5.10 Å². The average Bonchev–Trinajstić information content (AvgIpc) is 3.30. The summed E-state index contributed by atoms with van der Waals surface area (Å²) in [5.41, 5.74) is 9.31. The lowest BCUT2D eigenvalue weighted by Gasteiger charge is -2.09. The molecule has 3 N–H and O–H groups in total. The molecule has 154 valence electrons. The molecule has 0 fully saturated rings. The number of nitrogens with zero attached hydrogens (tertiary/aromatic N) is 3. The number of carbonyl (C=O) groups excluding carboxylic acids is 2. The summed E-state index contributed by atoms with van der Waals surface area (Å²) in [4.78, 5) is 24.2. The number of hydrogen-bond acceptors (Lipinski definition) is 4. The summed E-state index contributed by atoms with van der Waals surface area (Å²) in [5.74, 6) is -0.436. The van der Waals surface area contributed by atoms with E-state index in [4.69, 9.17) is 0 Å². The first kappa shape index (κ1) is 19.8. The maximum atomic E-state index is 12.3. The Morgan fingerprint density at radius 2 is 1.55 bits per heavy atom. The van der Waals surface area contributed by atoms with Crippen molar-refractivity contribution in [2.75, 3.05) is 5.32 Å². The fourth-order valence-corrected chi connectivity index (χ4v) is 2.88. The summed E-state index contributed by atoms with van der Waals surface area (Å²) < 4.78 is 1.64. The van der Waals surface area contributed by atoms with Crippen LogP contribution in [0, 0.1) is 6.92 Å². The van der Waals surface area contributed by atoms with Crippen LogP contribution < -0.4 is 16.2 Å². The zero-order valence-corrected chi connectivity index (χ0v) is 16.7. The Bertz CT molecular complexity index is 1180. The van der Waals surface area contributed by atoms with E-state index < -0.39 is 11.9 Å². The molecule has 0 saturated heterocycles. The van der Waals surface area contributed by atoms with E-state index in [1.54, 1.807) is 41.1 Å². The Labute approximate surface area is 178 Å². The second kappa shape index (κ2) is 8.91. The number of rotatable bonds is 4. The van der Waals surface area contributed by atoms with Crippen LogP contribution in [0.5, 0.6) is 0 Å². The Hall–Kier alpha value is -4.46. The van der Waals surface area contributed by atoms with Gasteiger partial charge in [0.15, 0.2) is 0 Å². The van der Waals surface area contributed by atoms with Crippen molar-refractivity contribution in [1.29, 1.82) is 0 Å². The Balaban J connectivity index is 1.34. The maximum absolute atomic E-state index is 12.3. The van der Waals surface area contributed by atoms with Gasteiger partial charge in [-0.25, -0.2) is 14.9 Å². The van der Waals surface area contributed by atoms with Crippen molar-refractivity contribution in [2.45, 2.75) is 6.92 Å². The highest BCUT2D eigenvalue weighted by Gasteiger charge is 2.09. The topological polar surface area (TPSA) is 101 Å². The average molecular weight is 412 g/mol. The second-order valence-corrected chi connectivity index (χ2v) is 6.86. The van der Waals surface area contributed by atoms with Crippen molar-refractivity contribution in [2.24, 2.45) is 0 Å². The van der Waals surface area contributed by atoms with Crippen LogP contribution in [0.4, 0.5) is 10.5 Å². The highest BCUT2D eigenvalue weighted by Crippen LogP contribution is 2.17. The molecule has 8 heteroatoms. The van der Waals surface area contributed by atoms with Crippen LogP contribution in [-0.4, -0.2) is 26.9 Å². The molecule has 1 aromatic heterocycles. The number of nitrogens with one attached hydrogen (secondary N) is 3. The van der Waals surface area contributed by atoms with Crippen LogP contribution in [0.15, 0.2) is 85.1 Å². The third-order valence-electron chi connectivity index (χ3n) is 4.56. The lowest BCUT2D eigenvalue weighted by molar-refractivity contribution is 0.0938. The summed E-state index contributed by atoms with van der Waals surface area (Å²) in [6.07, 6.45) is 1.82. The molecular weight excluding hydrogens is 392 g/mol. The third-order valence-corrected chi connectivity index (χ3v) is 4.56. The van der Waals surface area contributed by atoms with E-state index in [0.717, 1.165) is 22.5 Å². The van der Waals surface area contributed by atoms with Crippen LogP contribution in [-0.2, 0) is 0 Å². The number of aromatic nitrogens is 3. The minimum atomic E-state index is -0.537. The van der Waals surface area contributed by atoms with Crippen molar-refractivity contribution in [3.63, 3.8) is 0 Å². The van der Waals surface area contributed by atoms with Gasteiger partial charge in [0.25, 0.3) is 5.91 Å². The molecule has 0 saturated carbocycles. The van der Waals surface area contributed by atoms with Gasteiger partial charge >= 0.3 is 6.03 Å². The first-order valence-corrected chi connectivity index (χ1v) is 9.61. The van der Waals surface area contributed by atoms with Crippen molar-refractivity contribution in [1.82, 2.24) is 25.8 Å². The van der Waals surface area contributed by atoms with E-state index in [0.29, 0.717) is 11.3 Å². The first-order valence-electron chi connectivity index (χ1n) is 9.61. The summed E-state index contributed by atoms with van der Waals surface area (Å²) in [7, 11) is 0. The molecule has 3 amide bonds. The van der Waals surface area contributed by atoms with E-state index in [9.17, 15) is 9.59 Å². The maximum Gasteiger partial charge on any atom is 0.337 e. The number of aryl methyl sites for hydroxylation is 1. The van der Waals surface area contributed by atoms with Crippen LogP contribution in [0.2, 0.25) is 0 Å². The summed E-state index contributed by atoms with van der Waals surface area (Å²) in [6, 6.07) is 23.3. The minimum Gasteiger partial charge on any atom is -0.307 e. The summed E-state index contributed by atoms with van der Waals surface area (Å²) >= 11 is 0. The molecule has 1 heterocycles. The van der Waals surface area contributed by atoms with Crippen molar-refractivity contribution in [3.05, 3.63) is 96.2 Å². The van der Waals surface area contributed by atoms with Gasteiger partial charge in [-0.3, -0.25) is 10.2 Å². The Morgan fingerprint density at radius 1 is 0.839 bits per heavy atom. The van der Waals surface area contributed by atoms with E-state index in [2.05, 4.69) is 26.5 Å². The molecule has 0 atom stereocenters. The molecule has 4 rings (SSSR count). The number of benzene rings is 3. The number of hydrogen-bond donors (Lipinski definition) is 3. The normalized spacial score (nSPS) is 10.4. The molecule has 3 aromatic carbocycles. The van der Waals surface area contributed by atoms with Gasteiger partial charge in [0.05, 0.1) is 11.9 Å². The van der Waals surface area contributed by atoms with Gasteiger partial charge in [-0.1, -0.05) is 53.2 Å².